The van der Waals surface area contributed by atoms with E-state index in [-0.39, 0.29) is 18.9 Å². The Bertz CT molecular complexity index is 1500. The number of hydrogen-bond acceptors (Lipinski definition) is 5. The number of benzene rings is 1. The van der Waals surface area contributed by atoms with Crippen molar-refractivity contribution < 1.29 is 19.7 Å². The summed E-state index contributed by atoms with van der Waals surface area (Å²) in [5.74, 6) is -0.216. The van der Waals surface area contributed by atoms with Crippen LogP contribution in [-0.4, -0.2) is 66.2 Å². The molecule has 1 saturated carbocycles. The van der Waals surface area contributed by atoms with Crippen LogP contribution in [-0.2, 0) is 5.67 Å². The van der Waals surface area contributed by atoms with Gasteiger partial charge in [-0.3, -0.25) is 14.2 Å². The van der Waals surface area contributed by atoms with E-state index >= 15 is 4.39 Å². The van der Waals surface area contributed by atoms with E-state index in [0.29, 0.717) is 30.8 Å². The molecular formula is C33H43F2N5O2. The number of aromatic nitrogens is 2. The fourth-order valence-electron chi connectivity index (χ4n) is 5.12. The van der Waals surface area contributed by atoms with Gasteiger partial charge in [-0.05, 0) is 88.4 Å². The number of likely N-dealkylation sites (tertiary alicyclic amines) is 1. The average molecular weight is 580 g/mol. The number of rotatable bonds is 8. The number of alkyl halides is 1. The van der Waals surface area contributed by atoms with E-state index < -0.39 is 11.5 Å². The molecule has 3 aromatic rings. The van der Waals surface area contributed by atoms with Crippen LogP contribution in [0.5, 0.6) is 5.75 Å². The van der Waals surface area contributed by atoms with E-state index in [2.05, 4.69) is 26.8 Å². The third-order valence-electron chi connectivity index (χ3n) is 7.77. The van der Waals surface area contributed by atoms with Gasteiger partial charge in [-0.15, -0.1) is 0 Å². The van der Waals surface area contributed by atoms with E-state index in [9.17, 15) is 9.18 Å². The van der Waals surface area contributed by atoms with Gasteiger partial charge in [0.2, 0.25) is 0 Å². The third-order valence-corrected chi connectivity index (χ3v) is 7.77. The molecule has 7 nitrogen and oxygen atoms in total. The van der Waals surface area contributed by atoms with Gasteiger partial charge < -0.3 is 15.0 Å². The van der Waals surface area contributed by atoms with Crippen LogP contribution in [0.1, 0.15) is 73.7 Å². The number of halogens is 2. The van der Waals surface area contributed by atoms with Gasteiger partial charge in [0.25, 0.3) is 5.91 Å². The zero-order valence-electron chi connectivity index (χ0n) is 25.2. The number of nitrogens with one attached hydrogen (secondary N) is 1. The Balaban J connectivity index is 0.000000231. The minimum absolute atomic E-state index is 0. The Morgan fingerprint density at radius 1 is 1.29 bits per heavy atom. The molecule has 9 heteroatoms. The second kappa shape index (κ2) is 13.4. The number of nitrogens with zero attached hydrogens (tertiary/aromatic N) is 4. The van der Waals surface area contributed by atoms with Gasteiger partial charge in [0, 0.05) is 51.6 Å². The molecule has 0 radical (unpaired) electrons. The summed E-state index contributed by atoms with van der Waals surface area (Å²) in [6, 6.07) is 5.06. The van der Waals surface area contributed by atoms with E-state index in [1.165, 1.54) is 6.07 Å². The Morgan fingerprint density at radius 2 is 2.00 bits per heavy atom. The monoisotopic (exact) mass is 579 g/mol. The number of aryl methyl sites for hydroxylation is 1. The normalized spacial score (nSPS) is 17.2. The number of allylic oxidation sites excluding steroid dienone is 2. The zero-order valence-corrected chi connectivity index (χ0v) is 25.2. The molecule has 1 aliphatic carbocycles. The zero-order chi connectivity index (χ0) is 30.4. The van der Waals surface area contributed by atoms with Crippen molar-refractivity contribution in [2.45, 2.75) is 58.2 Å². The Morgan fingerprint density at radius 3 is 2.60 bits per heavy atom. The number of pyridine rings is 1. The topological polar surface area (TPSA) is 71.2 Å². The first kappa shape index (κ1) is 31.1. The molecule has 1 amide bonds. The molecule has 42 heavy (non-hydrogen) atoms. The molecule has 226 valence electrons. The number of imidazole rings is 1. The molecule has 1 saturated heterocycles. The van der Waals surface area contributed by atoms with E-state index in [1.807, 2.05) is 50.6 Å². The quantitative estimate of drug-likeness (QED) is 0.304. The minimum atomic E-state index is -1.35. The van der Waals surface area contributed by atoms with E-state index in [0.717, 1.165) is 54.0 Å². The van der Waals surface area contributed by atoms with Gasteiger partial charge in [-0.1, -0.05) is 12.7 Å². The number of piperidine rings is 1. The molecule has 0 unspecified atom stereocenters. The first-order chi connectivity index (χ1) is 20.1. The standard InChI is InChI=1S/C17H22FN3O.C16H19FN2O.H2/c1-4-13-11-19-16-10-15(22-5-2)14(12-21(13)16)17(18)6-8-20(3)9-7-17;1-4-11(9-18-3)13-8-14(15(17)7-10(13)2)16(20)19-12-5-6-12;/h4,10-12H,1,5-9H2,2-3H3;4,7-9,12H,5-6H2,1-3H3,(H,19,20);1H/b;11-4+,18-9?;. The smallest absolute Gasteiger partial charge is 0.254 e. The van der Waals surface area contributed by atoms with Gasteiger partial charge in [-0.25, -0.2) is 13.8 Å². The van der Waals surface area contributed by atoms with Crippen LogP contribution in [0.25, 0.3) is 17.3 Å². The number of aliphatic imine (C=N–C) groups is 1. The number of carbonyl (C=O) groups is 1. The summed E-state index contributed by atoms with van der Waals surface area (Å²) in [6.45, 7) is 11.4. The van der Waals surface area contributed by atoms with E-state index in [4.69, 9.17) is 4.74 Å². The minimum Gasteiger partial charge on any atom is -0.493 e. The van der Waals surface area contributed by atoms with Crippen LogP contribution in [0, 0.1) is 12.7 Å². The molecule has 1 aliphatic heterocycles. The molecule has 2 aromatic heterocycles. The Kier molecular flexibility index (Phi) is 9.93. The maximum atomic E-state index is 15.6. The second-order valence-electron chi connectivity index (χ2n) is 10.9. The molecule has 0 spiro atoms. The summed E-state index contributed by atoms with van der Waals surface area (Å²) in [7, 11) is 3.71. The van der Waals surface area contributed by atoms with Gasteiger partial charge in [0.15, 0.2) is 0 Å². The highest BCUT2D eigenvalue weighted by Crippen LogP contribution is 2.42. The van der Waals surface area contributed by atoms with Crippen molar-refractivity contribution >= 4 is 29.4 Å². The van der Waals surface area contributed by atoms with Crippen molar-refractivity contribution in [2.75, 3.05) is 33.8 Å². The van der Waals surface area contributed by atoms with Crippen molar-refractivity contribution in [2.24, 2.45) is 4.99 Å². The Labute approximate surface area is 248 Å². The number of amides is 1. The van der Waals surface area contributed by atoms with Crippen molar-refractivity contribution in [3.63, 3.8) is 0 Å². The van der Waals surface area contributed by atoms with Crippen LogP contribution in [0.4, 0.5) is 8.78 Å². The van der Waals surface area contributed by atoms with Crippen LogP contribution >= 0.6 is 0 Å². The van der Waals surface area contributed by atoms with Gasteiger partial charge >= 0.3 is 0 Å². The lowest BCUT2D eigenvalue weighted by molar-refractivity contribution is 0.0640. The van der Waals surface area contributed by atoms with Gasteiger partial charge in [0.05, 0.1) is 24.1 Å². The van der Waals surface area contributed by atoms with Crippen molar-refractivity contribution in [3.8, 4) is 5.75 Å². The number of carbonyl (C=O) groups excluding carboxylic acids is 1. The lowest BCUT2D eigenvalue weighted by Crippen LogP contribution is -2.38. The number of ether oxygens (including phenoxy) is 1. The largest absolute Gasteiger partial charge is 0.493 e. The maximum absolute atomic E-state index is 15.6. The molecule has 2 fully saturated rings. The second-order valence-corrected chi connectivity index (χ2v) is 10.9. The van der Waals surface area contributed by atoms with Crippen LogP contribution in [0.2, 0.25) is 0 Å². The first-order valence-electron chi connectivity index (χ1n) is 14.5. The third kappa shape index (κ3) is 6.95. The molecule has 5 rings (SSSR count). The van der Waals surface area contributed by atoms with Crippen LogP contribution < -0.4 is 10.1 Å². The molecule has 2 aliphatic rings. The van der Waals surface area contributed by atoms with Crippen molar-refractivity contribution in [3.05, 3.63) is 77.0 Å². The molecule has 3 heterocycles. The first-order valence-corrected chi connectivity index (χ1v) is 14.5. The fourth-order valence-corrected chi connectivity index (χ4v) is 5.12. The Hall–Kier alpha value is -3.85. The van der Waals surface area contributed by atoms with E-state index in [1.54, 1.807) is 31.6 Å². The molecule has 1 N–H and O–H groups in total. The SMILES string of the molecule is C/C=C(\C=NC)c1cc(C(=O)NC2CC2)c(F)cc1C.C=Cc1cnc2cc(OCC)c(C3(F)CCN(C)CC3)cn12.[HH]. The summed E-state index contributed by atoms with van der Waals surface area (Å²) in [5, 5.41) is 2.81. The molecular weight excluding hydrogens is 536 g/mol. The highest BCUT2D eigenvalue weighted by molar-refractivity contribution is 6.11. The van der Waals surface area contributed by atoms with Gasteiger partial charge in [-0.2, -0.15) is 0 Å². The van der Waals surface area contributed by atoms with Crippen molar-refractivity contribution in [1.82, 2.24) is 19.6 Å². The molecule has 0 atom stereocenters. The molecule has 0 bridgehead atoms. The van der Waals surface area contributed by atoms with Crippen LogP contribution in [0.3, 0.4) is 0 Å². The van der Waals surface area contributed by atoms with Gasteiger partial charge in [0.1, 0.15) is 22.9 Å². The summed E-state index contributed by atoms with van der Waals surface area (Å²) < 4.78 is 37.1. The highest BCUT2D eigenvalue weighted by atomic mass is 19.1. The van der Waals surface area contributed by atoms with Crippen LogP contribution in [0.15, 0.2) is 48.2 Å². The summed E-state index contributed by atoms with van der Waals surface area (Å²) in [6.07, 6.45) is 11.8. The van der Waals surface area contributed by atoms with Crippen molar-refractivity contribution in [1.29, 1.82) is 0 Å². The summed E-state index contributed by atoms with van der Waals surface area (Å²) >= 11 is 0. The summed E-state index contributed by atoms with van der Waals surface area (Å²) in [4.78, 5) is 22.5. The molecule has 1 aromatic carbocycles. The number of fused-ring (bicyclic) bond motifs is 1. The lowest BCUT2D eigenvalue weighted by atomic mass is 9.86. The predicted molar refractivity (Wildman–Crippen MR) is 168 cm³/mol. The average Bonchev–Trinajstić information content (AvgIpc) is 3.70. The maximum Gasteiger partial charge on any atom is 0.254 e. The fraction of sp³-hybridized carbons (Fsp3) is 0.424. The lowest BCUT2D eigenvalue weighted by Gasteiger charge is -2.35. The number of hydrogen-bond donors (Lipinski definition) is 1. The highest BCUT2D eigenvalue weighted by Gasteiger charge is 2.38. The summed E-state index contributed by atoms with van der Waals surface area (Å²) in [5.41, 5.74) is 3.48. The predicted octanol–water partition coefficient (Wildman–Crippen LogP) is 6.64.